The number of thiazole rings is 1. The van der Waals surface area contributed by atoms with Crippen LogP contribution in [-0.4, -0.2) is 36.1 Å². The fourth-order valence-corrected chi connectivity index (χ4v) is 2.98. The summed E-state index contributed by atoms with van der Waals surface area (Å²) < 4.78 is 5.25. The van der Waals surface area contributed by atoms with Crippen LogP contribution in [-0.2, 0) is 6.54 Å². The highest BCUT2D eigenvalue weighted by molar-refractivity contribution is 7.13. The van der Waals surface area contributed by atoms with E-state index >= 15 is 0 Å². The first-order chi connectivity index (χ1) is 11.8. The van der Waals surface area contributed by atoms with Crippen LogP contribution in [0.3, 0.4) is 0 Å². The molecule has 0 bridgehead atoms. The van der Waals surface area contributed by atoms with Crippen LogP contribution in [0.25, 0.3) is 0 Å². The summed E-state index contributed by atoms with van der Waals surface area (Å²) in [6.45, 7) is 6.85. The van der Waals surface area contributed by atoms with E-state index < -0.39 is 0 Å². The molecular weight excluding hydrogens is 360 g/mol. The maximum Gasteiger partial charge on any atom is 0.325 e. The molecule has 6 nitrogen and oxygen atoms in total. The highest BCUT2D eigenvalue weighted by Crippen LogP contribution is 2.30. The van der Waals surface area contributed by atoms with Gasteiger partial charge < -0.3 is 10.1 Å². The zero-order valence-electron chi connectivity index (χ0n) is 15.0. The second kappa shape index (κ2) is 8.51. The minimum Gasteiger partial charge on any atom is -0.496 e. The molecule has 1 heterocycles. The monoisotopic (exact) mass is 382 g/mol. The van der Waals surface area contributed by atoms with Gasteiger partial charge >= 0.3 is 6.03 Å². The third-order valence-corrected chi connectivity index (χ3v) is 5.04. The van der Waals surface area contributed by atoms with Crippen molar-refractivity contribution in [3.63, 3.8) is 0 Å². The van der Waals surface area contributed by atoms with Crippen molar-refractivity contribution >= 4 is 39.8 Å². The van der Waals surface area contributed by atoms with Crippen LogP contribution >= 0.6 is 22.9 Å². The molecular formula is C17H23ClN4O2S. The van der Waals surface area contributed by atoms with Crippen LogP contribution in [0.5, 0.6) is 5.75 Å². The van der Waals surface area contributed by atoms with Gasteiger partial charge in [-0.15, -0.1) is 11.3 Å². The maximum absolute atomic E-state index is 12.2. The van der Waals surface area contributed by atoms with Gasteiger partial charge in [0.05, 0.1) is 12.8 Å². The van der Waals surface area contributed by atoms with Crippen molar-refractivity contribution in [2.24, 2.45) is 0 Å². The van der Waals surface area contributed by atoms with E-state index in [1.807, 2.05) is 19.4 Å². The molecule has 8 heteroatoms. The molecule has 0 unspecified atom stereocenters. The van der Waals surface area contributed by atoms with Crippen LogP contribution in [0.15, 0.2) is 17.5 Å². The fraction of sp³-hybridized carbons (Fsp3) is 0.412. The minimum absolute atomic E-state index is 0.375. The van der Waals surface area contributed by atoms with E-state index in [4.69, 9.17) is 16.3 Å². The quantitative estimate of drug-likeness (QED) is 0.766. The molecule has 1 aromatic heterocycles. The molecule has 2 N–H and O–H groups in total. The van der Waals surface area contributed by atoms with Gasteiger partial charge in [-0.3, -0.25) is 10.2 Å². The number of hydrogen-bond donors (Lipinski definition) is 2. The highest BCUT2D eigenvalue weighted by Gasteiger charge is 2.12. The lowest BCUT2D eigenvalue weighted by atomic mass is 10.2. The van der Waals surface area contributed by atoms with Gasteiger partial charge in [0.2, 0.25) is 0 Å². The van der Waals surface area contributed by atoms with E-state index in [0.29, 0.717) is 27.6 Å². The third kappa shape index (κ3) is 5.32. The second-order valence-corrected chi connectivity index (χ2v) is 7.28. The second-order valence-electron chi connectivity index (χ2n) is 6.02. The number of carbonyl (C=O) groups is 1. The molecule has 0 saturated carbocycles. The van der Waals surface area contributed by atoms with Gasteiger partial charge in [0.25, 0.3) is 0 Å². The van der Waals surface area contributed by atoms with Gasteiger partial charge in [-0.05, 0) is 33.9 Å². The maximum atomic E-state index is 12.2. The Morgan fingerprint density at radius 2 is 2.12 bits per heavy atom. The van der Waals surface area contributed by atoms with Gasteiger partial charge in [0.1, 0.15) is 5.75 Å². The number of urea groups is 1. The molecule has 0 fully saturated rings. The number of nitrogens with one attached hydrogen (secondary N) is 2. The molecule has 1 aromatic carbocycles. The van der Waals surface area contributed by atoms with Crippen molar-refractivity contribution in [1.29, 1.82) is 0 Å². The SMILES string of the molecule is COc1cc(NC(=O)Nc2nc(CN(C)C(C)C)cs2)cc(Cl)c1C. The van der Waals surface area contributed by atoms with Crippen LogP contribution in [0.1, 0.15) is 25.1 Å². The summed E-state index contributed by atoms with van der Waals surface area (Å²) in [6, 6.07) is 3.47. The Hall–Kier alpha value is -1.83. The molecule has 136 valence electrons. The van der Waals surface area contributed by atoms with E-state index in [1.165, 1.54) is 11.3 Å². The fourth-order valence-electron chi connectivity index (χ4n) is 2.07. The predicted molar refractivity (Wildman–Crippen MR) is 104 cm³/mol. The van der Waals surface area contributed by atoms with Gasteiger partial charge in [0, 0.05) is 40.3 Å². The number of anilines is 2. The van der Waals surface area contributed by atoms with Crippen LogP contribution < -0.4 is 15.4 Å². The topological polar surface area (TPSA) is 66.5 Å². The molecule has 0 aliphatic carbocycles. The van der Waals surface area contributed by atoms with E-state index in [0.717, 1.165) is 17.8 Å². The standard InChI is InChI=1S/C17H23ClN4O2S/c1-10(2)22(4)8-13-9-25-17(20-13)21-16(23)19-12-6-14(18)11(3)15(7-12)24-5/h6-7,9-10H,8H2,1-5H3,(H2,19,20,21,23). The molecule has 25 heavy (non-hydrogen) atoms. The van der Waals surface area contributed by atoms with Crippen LogP contribution in [0.4, 0.5) is 15.6 Å². The molecule has 0 aliphatic heterocycles. The normalized spacial score (nSPS) is 11.0. The molecule has 2 aromatic rings. The van der Waals surface area contributed by atoms with E-state index in [9.17, 15) is 4.79 Å². The number of halogens is 1. The highest BCUT2D eigenvalue weighted by atomic mass is 35.5. The summed E-state index contributed by atoms with van der Waals surface area (Å²) in [6.07, 6.45) is 0. The Labute approximate surface area is 157 Å². The Morgan fingerprint density at radius 3 is 2.76 bits per heavy atom. The lowest BCUT2D eigenvalue weighted by Crippen LogP contribution is -2.25. The number of nitrogens with zero attached hydrogens (tertiary/aromatic N) is 2. The number of rotatable bonds is 6. The first-order valence-electron chi connectivity index (χ1n) is 7.87. The first kappa shape index (κ1) is 19.5. The van der Waals surface area contributed by atoms with Gasteiger partial charge in [-0.2, -0.15) is 0 Å². The van der Waals surface area contributed by atoms with Crippen molar-refractivity contribution in [2.45, 2.75) is 33.4 Å². The molecule has 0 spiro atoms. The largest absolute Gasteiger partial charge is 0.496 e. The van der Waals surface area contributed by atoms with Crippen molar-refractivity contribution in [3.05, 3.63) is 33.8 Å². The van der Waals surface area contributed by atoms with Crippen molar-refractivity contribution in [2.75, 3.05) is 24.8 Å². The number of aromatic nitrogens is 1. The summed E-state index contributed by atoms with van der Waals surface area (Å²) in [7, 11) is 3.60. The average molecular weight is 383 g/mol. The Balaban J connectivity index is 1.99. The van der Waals surface area contributed by atoms with Crippen molar-refractivity contribution in [1.82, 2.24) is 9.88 Å². The van der Waals surface area contributed by atoms with Crippen molar-refractivity contribution in [3.8, 4) is 5.75 Å². The lowest BCUT2D eigenvalue weighted by molar-refractivity contribution is 0.261. The van der Waals surface area contributed by atoms with E-state index in [2.05, 4.69) is 34.4 Å². The molecule has 2 amide bonds. The van der Waals surface area contributed by atoms with Gasteiger partial charge in [-0.1, -0.05) is 11.6 Å². The summed E-state index contributed by atoms with van der Waals surface area (Å²) in [5.41, 5.74) is 2.31. The average Bonchev–Trinajstić information content (AvgIpc) is 2.97. The molecule has 2 rings (SSSR count). The van der Waals surface area contributed by atoms with Gasteiger partial charge in [-0.25, -0.2) is 9.78 Å². The Morgan fingerprint density at radius 1 is 1.40 bits per heavy atom. The first-order valence-corrected chi connectivity index (χ1v) is 9.12. The Bertz CT molecular complexity index is 748. The van der Waals surface area contributed by atoms with E-state index in [1.54, 1.807) is 19.2 Å². The Kier molecular flexibility index (Phi) is 6.64. The summed E-state index contributed by atoms with van der Waals surface area (Å²) in [5, 5.41) is 8.51. The van der Waals surface area contributed by atoms with Crippen LogP contribution in [0.2, 0.25) is 5.02 Å². The number of ether oxygens (including phenoxy) is 1. The number of methoxy groups -OCH3 is 1. The molecule has 0 saturated heterocycles. The zero-order valence-corrected chi connectivity index (χ0v) is 16.6. The molecule has 0 aliphatic rings. The molecule has 0 radical (unpaired) electrons. The summed E-state index contributed by atoms with van der Waals surface area (Å²) in [5.74, 6) is 0.621. The number of carbonyl (C=O) groups excluding carboxylic acids is 1. The van der Waals surface area contributed by atoms with E-state index in [-0.39, 0.29) is 6.03 Å². The summed E-state index contributed by atoms with van der Waals surface area (Å²) in [4.78, 5) is 18.8. The number of benzene rings is 1. The minimum atomic E-state index is -0.375. The zero-order chi connectivity index (χ0) is 18.6. The third-order valence-electron chi connectivity index (χ3n) is 3.84. The smallest absolute Gasteiger partial charge is 0.325 e. The van der Waals surface area contributed by atoms with Crippen molar-refractivity contribution < 1.29 is 9.53 Å². The number of hydrogen-bond acceptors (Lipinski definition) is 5. The molecule has 0 atom stereocenters. The predicted octanol–water partition coefficient (Wildman–Crippen LogP) is 4.60. The lowest BCUT2D eigenvalue weighted by Gasteiger charge is -2.19. The summed E-state index contributed by atoms with van der Waals surface area (Å²) >= 11 is 7.55. The van der Waals surface area contributed by atoms with Gasteiger partial charge in [0.15, 0.2) is 5.13 Å². The van der Waals surface area contributed by atoms with Crippen LogP contribution in [0, 0.1) is 6.92 Å². The number of amides is 2.